The Morgan fingerprint density at radius 3 is 2.75 bits per heavy atom. The van der Waals surface area contributed by atoms with Crippen LogP contribution in [0.25, 0.3) is 0 Å². The van der Waals surface area contributed by atoms with Crippen LogP contribution in [0.15, 0.2) is 18.2 Å². The molecule has 0 aliphatic carbocycles. The van der Waals surface area contributed by atoms with E-state index < -0.39 is 24.0 Å². The zero-order chi connectivity index (χ0) is 11.9. The minimum absolute atomic E-state index is 0.0113. The van der Waals surface area contributed by atoms with E-state index in [1.165, 1.54) is 12.1 Å². The highest BCUT2D eigenvalue weighted by Crippen LogP contribution is 2.33. The van der Waals surface area contributed by atoms with Gasteiger partial charge in [-0.2, -0.15) is 0 Å². The molecule has 1 aliphatic heterocycles. The van der Waals surface area contributed by atoms with Crippen molar-refractivity contribution >= 4 is 5.97 Å². The maximum absolute atomic E-state index is 13.0. The van der Waals surface area contributed by atoms with Crippen molar-refractivity contribution in [3.05, 3.63) is 35.1 Å². The van der Waals surface area contributed by atoms with Crippen LogP contribution in [-0.2, 0) is 4.74 Å². The first-order valence-electron chi connectivity index (χ1n) is 5.19. The summed E-state index contributed by atoms with van der Waals surface area (Å²) in [5.74, 6) is -1.07. The monoisotopic (exact) mass is 224 g/mol. The Kier molecular flexibility index (Phi) is 2.68. The topological polar surface area (TPSA) is 46.5 Å². The van der Waals surface area contributed by atoms with Crippen LogP contribution >= 0.6 is 0 Å². The van der Waals surface area contributed by atoms with Crippen molar-refractivity contribution in [3.8, 4) is 0 Å². The number of rotatable bonds is 1. The van der Waals surface area contributed by atoms with E-state index >= 15 is 0 Å². The van der Waals surface area contributed by atoms with E-state index in [4.69, 9.17) is 4.74 Å². The summed E-state index contributed by atoms with van der Waals surface area (Å²) < 4.78 is 18.0. The molecule has 4 heteroatoms. The minimum Gasteiger partial charge on any atom is -0.455 e. The van der Waals surface area contributed by atoms with Gasteiger partial charge >= 0.3 is 5.97 Å². The molecule has 0 saturated carbocycles. The summed E-state index contributed by atoms with van der Waals surface area (Å²) in [6, 6.07) is 3.76. The second-order valence-electron chi connectivity index (χ2n) is 4.29. The molecule has 0 saturated heterocycles. The number of carbonyl (C=O) groups is 1. The van der Waals surface area contributed by atoms with Crippen LogP contribution in [0.5, 0.6) is 0 Å². The molecule has 86 valence electrons. The molecule has 0 fully saturated rings. The maximum Gasteiger partial charge on any atom is 0.339 e. The van der Waals surface area contributed by atoms with E-state index in [0.717, 1.165) is 6.07 Å². The molecule has 0 aromatic heterocycles. The van der Waals surface area contributed by atoms with Crippen molar-refractivity contribution in [1.29, 1.82) is 0 Å². The van der Waals surface area contributed by atoms with Gasteiger partial charge < -0.3 is 9.84 Å². The van der Waals surface area contributed by atoms with Crippen molar-refractivity contribution in [2.24, 2.45) is 5.92 Å². The van der Waals surface area contributed by atoms with Crippen molar-refractivity contribution in [2.45, 2.75) is 26.1 Å². The molecule has 1 N–H and O–H groups in total. The number of hydrogen-bond donors (Lipinski definition) is 1. The third-order valence-electron chi connectivity index (χ3n) is 2.77. The van der Waals surface area contributed by atoms with Crippen LogP contribution < -0.4 is 0 Å². The number of fused-ring (bicyclic) bond motifs is 1. The lowest BCUT2D eigenvalue weighted by Gasteiger charge is -2.31. The van der Waals surface area contributed by atoms with Gasteiger partial charge in [-0.25, -0.2) is 9.18 Å². The van der Waals surface area contributed by atoms with E-state index in [-0.39, 0.29) is 11.5 Å². The molecule has 0 bridgehead atoms. The van der Waals surface area contributed by atoms with E-state index in [2.05, 4.69) is 0 Å². The number of carbonyl (C=O) groups excluding carboxylic acids is 1. The average Bonchev–Trinajstić information content (AvgIpc) is 2.22. The number of aliphatic hydroxyl groups is 1. The molecule has 1 aromatic carbocycles. The van der Waals surface area contributed by atoms with Crippen LogP contribution in [0.2, 0.25) is 0 Å². The molecule has 3 nitrogen and oxygen atoms in total. The highest BCUT2D eigenvalue weighted by molar-refractivity contribution is 5.92. The summed E-state index contributed by atoms with van der Waals surface area (Å²) in [7, 11) is 0. The Morgan fingerprint density at radius 1 is 1.44 bits per heavy atom. The summed E-state index contributed by atoms with van der Waals surface area (Å²) in [5.41, 5.74) is 0.556. The van der Waals surface area contributed by atoms with Gasteiger partial charge in [-0.05, 0) is 23.6 Å². The lowest BCUT2D eigenvalue weighted by atomic mass is 9.90. The maximum atomic E-state index is 13.0. The van der Waals surface area contributed by atoms with Gasteiger partial charge in [-0.15, -0.1) is 0 Å². The van der Waals surface area contributed by atoms with Gasteiger partial charge in [0.1, 0.15) is 18.0 Å². The van der Waals surface area contributed by atoms with Gasteiger partial charge in [0.05, 0.1) is 5.56 Å². The summed E-state index contributed by atoms with van der Waals surface area (Å²) in [6.45, 7) is 3.71. The number of ether oxygens (including phenoxy) is 1. The molecule has 1 heterocycles. The fourth-order valence-electron chi connectivity index (χ4n) is 1.89. The second-order valence-corrected chi connectivity index (χ2v) is 4.29. The highest BCUT2D eigenvalue weighted by Gasteiger charge is 2.36. The number of aliphatic hydroxyl groups excluding tert-OH is 1. The van der Waals surface area contributed by atoms with Crippen LogP contribution in [0, 0.1) is 11.7 Å². The summed E-state index contributed by atoms with van der Waals surface area (Å²) >= 11 is 0. The molecule has 2 atom stereocenters. The SMILES string of the molecule is CC(C)[C@@H]1OC(=O)c2cc(F)ccc2[C@@H]1O. The lowest BCUT2D eigenvalue weighted by molar-refractivity contribution is -0.0478. The molecule has 0 radical (unpaired) electrons. The molecule has 2 rings (SSSR count). The van der Waals surface area contributed by atoms with Crippen LogP contribution in [0.3, 0.4) is 0 Å². The number of esters is 1. The molecule has 1 aromatic rings. The normalized spacial score (nSPS) is 24.2. The smallest absolute Gasteiger partial charge is 0.339 e. The molecular formula is C12H13FO3. The lowest BCUT2D eigenvalue weighted by Crippen LogP contribution is -2.35. The Hall–Kier alpha value is -1.42. The summed E-state index contributed by atoms with van der Waals surface area (Å²) in [5, 5.41) is 10.0. The van der Waals surface area contributed by atoms with Crippen molar-refractivity contribution in [3.63, 3.8) is 0 Å². The first kappa shape index (κ1) is 11.1. The number of hydrogen-bond acceptors (Lipinski definition) is 3. The molecular weight excluding hydrogens is 211 g/mol. The standard InChI is InChI=1S/C12H13FO3/c1-6(2)11-10(14)8-4-3-7(13)5-9(8)12(15)16-11/h3-6,10-11,14H,1-2H3/t10-,11-/m0/s1. The average molecular weight is 224 g/mol. The van der Waals surface area contributed by atoms with Gasteiger partial charge in [0.15, 0.2) is 0 Å². The van der Waals surface area contributed by atoms with Gasteiger partial charge in [0.25, 0.3) is 0 Å². The fourth-order valence-corrected chi connectivity index (χ4v) is 1.89. The summed E-state index contributed by atoms with van der Waals surface area (Å²) in [4.78, 5) is 11.6. The Balaban J connectivity index is 2.47. The van der Waals surface area contributed by atoms with E-state index in [1.807, 2.05) is 13.8 Å². The van der Waals surface area contributed by atoms with Crippen molar-refractivity contribution < 1.29 is 19.0 Å². The van der Waals surface area contributed by atoms with Gasteiger partial charge in [0.2, 0.25) is 0 Å². The van der Waals surface area contributed by atoms with Crippen molar-refractivity contribution in [1.82, 2.24) is 0 Å². The fraction of sp³-hybridized carbons (Fsp3) is 0.417. The Bertz CT molecular complexity index is 428. The highest BCUT2D eigenvalue weighted by atomic mass is 19.1. The molecule has 0 spiro atoms. The molecule has 16 heavy (non-hydrogen) atoms. The third kappa shape index (κ3) is 1.69. The number of benzene rings is 1. The Morgan fingerprint density at radius 2 is 2.12 bits per heavy atom. The van der Waals surface area contributed by atoms with E-state index in [9.17, 15) is 14.3 Å². The largest absolute Gasteiger partial charge is 0.455 e. The zero-order valence-electron chi connectivity index (χ0n) is 9.11. The van der Waals surface area contributed by atoms with E-state index in [0.29, 0.717) is 5.56 Å². The third-order valence-corrected chi connectivity index (χ3v) is 2.77. The molecule has 0 amide bonds. The van der Waals surface area contributed by atoms with Crippen LogP contribution in [-0.4, -0.2) is 17.2 Å². The van der Waals surface area contributed by atoms with Gasteiger partial charge in [0, 0.05) is 0 Å². The summed E-state index contributed by atoms with van der Waals surface area (Å²) in [6.07, 6.45) is -1.45. The minimum atomic E-state index is -0.881. The second kappa shape index (κ2) is 3.87. The van der Waals surface area contributed by atoms with Gasteiger partial charge in [-0.3, -0.25) is 0 Å². The number of halogens is 1. The van der Waals surface area contributed by atoms with E-state index in [1.54, 1.807) is 0 Å². The van der Waals surface area contributed by atoms with Crippen LogP contribution in [0.1, 0.15) is 35.9 Å². The molecule has 0 unspecified atom stereocenters. The molecule has 1 aliphatic rings. The van der Waals surface area contributed by atoms with Crippen LogP contribution in [0.4, 0.5) is 4.39 Å². The first-order valence-corrected chi connectivity index (χ1v) is 5.19. The first-order chi connectivity index (χ1) is 7.50. The Labute approximate surface area is 92.9 Å². The predicted molar refractivity (Wildman–Crippen MR) is 55.4 cm³/mol. The predicted octanol–water partition coefficient (Wildman–Crippen LogP) is 2.05. The number of cyclic esters (lactones) is 1. The van der Waals surface area contributed by atoms with Gasteiger partial charge in [-0.1, -0.05) is 19.9 Å². The zero-order valence-corrected chi connectivity index (χ0v) is 9.11. The van der Waals surface area contributed by atoms with Crippen molar-refractivity contribution in [2.75, 3.05) is 0 Å². The quantitative estimate of drug-likeness (QED) is 0.742.